The molecule has 0 spiro atoms. The average molecular weight is 609 g/mol. The van der Waals surface area contributed by atoms with Crippen molar-refractivity contribution < 1.29 is 49.3 Å². The predicted molar refractivity (Wildman–Crippen MR) is 153 cm³/mol. The van der Waals surface area contributed by atoms with Gasteiger partial charge in [0.1, 0.15) is 36.2 Å². The van der Waals surface area contributed by atoms with E-state index in [1.54, 1.807) is 13.0 Å². The van der Waals surface area contributed by atoms with E-state index in [1.807, 2.05) is 32.9 Å². The topological polar surface area (TPSA) is 216 Å². The van der Waals surface area contributed by atoms with Gasteiger partial charge >= 0.3 is 0 Å². The second-order valence-corrected chi connectivity index (χ2v) is 10.9. The van der Waals surface area contributed by atoms with Crippen LogP contribution >= 0.6 is 0 Å². The van der Waals surface area contributed by atoms with Crippen LogP contribution in [0.25, 0.3) is 0 Å². The number of carbonyl (C=O) groups excluding carboxylic acids is 2. The van der Waals surface area contributed by atoms with Crippen molar-refractivity contribution in [2.24, 2.45) is 0 Å². The summed E-state index contributed by atoms with van der Waals surface area (Å²) in [5, 5.41) is 61.4. The summed E-state index contributed by atoms with van der Waals surface area (Å²) in [7, 11) is 0. The van der Waals surface area contributed by atoms with Gasteiger partial charge in [-0.2, -0.15) is 0 Å². The number of hydrogen-bond donors (Lipinski definition) is 8. The minimum Gasteiger partial charge on any atom is -0.493 e. The summed E-state index contributed by atoms with van der Waals surface area (Å²) in [4.78, 5) is 24.2. The molecular weight excluding hydrogens is 564 g/mol. The summed E-state index contributed by atoms with van der Waals surface area (Å²) in [5.41, 5.74) is 3.37. The Hall–Kier alpha value is -3.27. The van der Waals surface area contributed by atoms with E-state index in [-0.39, 0.29) is 43.2 Å². The molecule has 0 bridgehead atoms. The lowest BCUT2D eigenvalue weighted by molar-refractivity contribution is -0.278. The van der Waals surface area contributed by atoms with Crippen LogP contribution in [0.3, 0.4) is 0 Å². The number of carbonyl (C=O) groups is 2. The van der Waals surface area contributed by atoms with Crippen molar-refractivity contribution >= 4 is 11.8 Å². The second-order valence-electron chi connectivity index (χ2n) is 10.9. The fourth-order valence-electron chi connectivity index (χ4n) is 4.61. The number of rotatable bonds is 15. The molecule has 1 fully saturated rings. The van der Waals surface area contributed by atoms with Crippen molar-refractivity contribution in [1.29, 1.82) is 0 Å². The molecule has 8 N–H and O–H groups in total. The molecule has 1 aliphatic rings. The molecule has 0 saturated carbocycles. The Balaban J connectivity index is 1.62. The number of amides is 2. The third-order valence-corrected chi connectivity index (χ3v) is 7.20. The van der Waals surface area contributed by atoms with E-state index in [9.17, 15) is 30.0 Å². The van der Waals surface area contributed by atoms with Gasteiger partial charge in [0.15, 0.2) is 0 Å². The van der Waals surface area contributed by atoms with Gasteiger partial charge in [0.2, 0.25) is 24.0 Å². The molecule has 1 aliphatic heterocycles. The first kappa shape index (κ1) is 34.2. The number of aromatic amines is 1. The molecule has 1 aromatic carbocycles. The van der Waals surface area contributed by atoms with E-state index in [2.05, 4.69) is 20.8 Å². The summed E-state index contributed by atoms with van der Waals surface area (Å²) in [5.74, 6) is 0.131. The van der Waals surface area contributed by atoms with Gasteiger partial charge in [0.25, 0.3) is 0 Å². The van der Waals surface area contributed by atoms with E-state index in [0.717, 1.165) is 22.4 Å². The summed E-state index contributed by atoms with van der Waals surface area (Å²) < 4.78 is 17.1. The van der Waals surface area contributed by atoms with Crippen LogP contribution in [-0.4, -0.2) is 111 Å². The lowest BCUT2D eigenvalue weighted by Gasteiger charge is -2.39. The molecule has 14 heteroatoms. The van der Waals surface area contributed by atoms with Gasteiger partial charge in [0.05, 0.1) is 19.6 Å². The van der Waals surface area contributed by atoms with Crippen LogP contribution in [0.1, 0.15) is 61.9 Å². The van der Waals surface area contributed by atoms with Crippen LogP contribution < -0.4 is 20.1 Å². The minimum atomic E-state index is -1.57. The maximum atomic E-state index is 12.2. The SMILES string of the molecule is Cc1cc(OCCC(=O)N[C@@H](C)C(=O)NCCCO)ccc1Cc1c(O[C@@H]2O[C@H](CO)[C@@H](O)[C@H](O)[C@H]2O)n[nH]c1C(C)C. The van der Waals surface area contributed by atoms with Gasteiger partial charge in [-0.05, 0) is 49.4 Å². The van der Waals surface area contributed by atoms with Crippen molar-refractivity contribution in [1.82, 2.24) is 20.8 Å². The smallest absolute Gasteiger partial charge is 0.242 e. The highest BCUT2D eigenvalue weighted by molar-refractivity contribution is 5.87. The number of aliphatic hydroxyl groups is 5. The summed E-state index contributed by atoms with van der Waals surface area (Å²) >= 11 is 0. The monoisotopic (exact) mass is 608 g/mol. The number of ether oxygens (including phenoxy) is 3. The van der Waals surface area contributed by atoms with Crippen LogP contribution in [0, 0.1) is 6.92 Å². The number of benzene rings is 1. The Morgan fingerprint density at radius 3 is 2.51 bits per heavy atom. The van der Waals surface area contributed by atoms with Crippen LogP contribution in [0.15, 0.2) is 18.2 Å². The molecule has 0 aliphatic carbocycles. The number of aliphatic hydroxyl groups excluding tert-OH is 5. The zero-order chi connectivity index (χ0) is 31.7. The molecule has 2 aromatic rings. The Morgan fingerprint density at radius 1 is 1.12 bits per heavy atom. The van der Waals surface area contributed by atoms with Gasteiger partial charge in [0, 0.05) is 30.8 Å². The van der Waals surface area contributed by atoms with E-state index < -0.39 is 43.4 Å². The fourth-order valence-corrected chi connectivity index (χ4v) is 4.61. The van der Waals surface area contributed by atoms with E-state index >= 15 is 0 Å². The quantitative estimate of drug-likeness (QED) is 0.119. The van der Waals surface area contributed by atoms with Crippen LogP contribution in [0.5, 0.6) is 11.6 Å². The maximum Gasteiger partial charge on any atom is 0.242 e. The van der Waals surface area contributed by atoms with E-state index in [1.165, 1.54) is 0 Å². The third-order valence-electron chi connectivity index (χ3n) is 7.20. The highest BCUT2D eigenvalue weighted by atomic mass is 16.7. The first-order valence-corrected chi connectivity index (χ1v) is 14.4. The molecule has 43 heavy (non-hydrogen) atoms. The van der Waals surface area contributed by atoms with E-state index in [4.69, 9.17) is 19.3 Å². The number of H-pyrrole nitrogens is 1. The van der Waals surface area contributed by atoms with Gasteiger partial charge in [-0.3, -0.25) is 14.7 Å². The predicted octanol–water partition coefficient (Wildman–Crippen LogP) is -0.617. The number of aryl methyl sites for hydroxylation is 1. The standard InChI is InChI=1S/C29H44N4O10/c1-15(2)23-20(28(33-32-23)43-29-26(39)25(38)24(37)21(14-35)42-29)13-18-6-7-19(12-16(18)3)41-11-8-22(36)31-17(4)27(40)30-9-5-10-34/h6-7,12,15,17,21,24-26,29,34-35,37-39H,5,8-11,13-14H2,1-4H3,(H,30,40)(H,31,36)(H,32,33)/t17-,21+,24+,25-,26+,29-/m0/s1. The Bertz CT molecular complexity index is 1200. The van der Waals surface area contributed by atoms with Gasteiger partial charge in [-0.1, -0.05) is 19.9 Å². The molecule has 2 heterocycles. The average Bonchev–Trinajstić information content (AvgIpc) is 3.36. The van der Waals surface area contributed by atoms with Crippen molar-refractivity contribution in [2.75, 3.05) is 26.4 Å². The Kier molecular flexibility index (Phi) is 12.7. The highest BCUT2D eigenvalue weighted by Gasteiger charge is 2.45. The number of nitrogens with one attached hydrogen (secondary N) is 3. The third kappa shape index (κ3) is 9.11. The normalized spacial score (nSPS) is 22.7. The van der Waals surface area contributed by atoms with Crippen LogP contribution in [0.2, 0.25) is 0 Å². The molecule has 1 aromatic heterocycles. The largest absolute Gasteiger partial charge is 0.493 e. The number of hydrogen-bond acceptors (Lipinski definition) is 11. The molecule has 1 saturated heterocycles. The van der Waals surface area contributed by atoms with E-state index in [0.29, 0.717) is 25.1 Å². The first-order valence-electron chi connectivity index (χ1n) is 14.4. The second kappa shape index (κ2) is 16.0. The molecule has 2 amide bonds. The zero-order valence-electron chi connectivity index (χ0n) is 24.9. The fraction of sp³-hybridized carbons (Fsp3) is 0.621. The summed E-state index contributed by atoms with van der Waals surface area (Å²) in [6, 6.07) is 4.81. The van der Waals surface area contributed by atoms with Gasteiger partial charge < -0.3 is 50.4 Å². The van der Waals surface area contributed by atoms with Crippen LogP contribution in [-0.2, 0) is 20.7 Å². The molecule has 240 valence electrons. The molecular formula is C29H44N4O10. The van der Waals surface area contributed by atoms with Crippen LogP contribution in [0.4, 0.5) is 0 Å². The van der Waals surface area contributed by atoms with Crippen molar-refractivity contribution in [3.63, 3.8) is 0 Å². The number of nitrogens with zero attached hydrogens (tertiary/aromatic N) is 1. The lowest BCUT2D eigenvalue weighted by atomic mass is 9.96. The first-order chi connectivity index (χ1) is 20.5. The molecule has 3 rings (SSSR count). The summed E-state index contributed by atoms with van der Waals surface area (Å²) in [6.07, 6.45) is -6.21. The summed E-state index contributed by atoms with van der Waals surface area (Å²) in [6.45, 7) is 7.32. The Morgan fingerprint density at radius 2 is 1.86 bits per heavy atom. The molecule has 6 atom stereocenters. The Labute approximate surface area is 250 Å². The molecule has 0 radical (unpaired) electrons. The lowest BCUT2D eigenvalue weighted by Crippen LogP contribution is -2.60. The van der Waals surface area contributed by atoms with Gasteiger partial charge in [-0.25, -0.2) is 0 Å². The van der Waals surface area contributed by atoms with Crippen molar-refractivity contribution in [2.45, 2.75) is 89.6 Å². The molecule has 14 nitrogen and oxygen atoms in total. The van der Waals surface area contributed by atoms with Crippen molar-refractivity contribution in [3.05, 3.63) is 40.6 Å². The minimum absolute atomic E-state index is 0.0257. The molecule has 0 unspecified atom stereocenters. The van der Waals surface area contributed by atoms with Crippen molar-refractivity contribution in [3.8, 4) is 11.6 Å². The zero-order valence-corrected chi connectivity index (χ0v) is 24.9. The maximum absolute atomic E-state index is 12.2. The highest BCUT2D eigenvalue weighted by Crippen LogP contribution is 2.32. The number of aromatic nitrogens is 2. The van der Waals surface area contributed by atoms with Gasteiger partial charge in [-0.15, -0.1) is 5.10 Å².